The van der Waals surface area contributed by atoms with Crippen molar-refractivity contribution in [1.82, 2.24) is 0 Å². The van der Waals surface area contributed by atoms with Gasteiger partial charge in [-0.25, -0.2) is 0 Å². The number of allylic oxidation sites excluding steroid dienone is 2. The van der Waals surface area contributed by atoms with Gasteiger partial charge < -0.3 is 0 Å². The Labute approximate surface area is 164 Å². The molecule has 0 unspecified atom stereocenters. The van der Waals surface area contributed by atoms with Gasteiger partial charge in [-0.1, -0.05) is 68.3 Å². The summed E-state index contributed by atoms with van der Waals surface area (Å²) in [7, 11) is 0. The fraction of sp³-hybridized carbons (Fsp3) is 0.423. The van der Waals surface area contributed by atoms with Crippen molar-refractivity contribution in [3.8, 4) is 17.2 Å². The highest BCUT2D eigenvalue weighted by atomic mass is 14.2. The number of benzene rings is 2. The van der Waals surface area contributed by atoms with E-state index >= 15 is 0 Å². The molecule has 0 amide bonds. The van der Waals surface area contributed by atoms with Crippen molar-refractivity contribution < 1.29 is 0 Å². The van der Waals surface area contributed by atoms with E-state index in [0.717, 1.165) is 24.7 Å². The molecular formula is C26H31N. The van der Waals surface area contributed by atoms with E-state index in [9.17, 15) is 0 Å². The summed E-state index contributed by atoms with van der Waals surface area (Å²) in [4.78, 5) is 0. The van der Waals surface area contributed by atoms with Crippen LogP contribution in [0, 0.1) is 23.2 Å². The van der Waals surface area contributed by atoms with Gasteiger partial charge in [0.05, 0.1) is 11.6 Å². The molecule has 1 nitrogen and oxygen atoms in total. The number of hydrogen-bond acceptors (Lipinski definition) is 1. The Bertz CT molecular complexity index is 753. The highest BCUT2D eigenvalue weighted by Crippen LogP contribution is 2.32. The SMILES string of the molecule is CCC[C@H]1CC[C@H](C=CCCc2ccc(-c3ccc(C#N)cc3)cc2)CC1. The predicted molar refractivity (Wildman–Crippen MR) is 114 cm³/mol. The third kappa shape index (κ3) is 5.83. The average Bonchev–Trinajstić information content (AvgIpc) is 2.73. The largest absolute Gasteiger partial charge is 0.192 e. The van der Waals surface area contributed by atoms with Gasteiger partial charge in [0.2, 0.25) is 0 Å². The summed E-state index contributed by atoms with van der Waals surface area (Å²) in [6.07, 6.45) is 15.5. The minimum atomic E-state index is 0.709. The maximum Gasteiger partial charge on any atom is 0.0991 e. The number of rotatable bonds is 7. The average molecular weight is 358 g/mol. The Morgan fingerprint density at radius 3 is 2.15 bits per heavy atom. The number of aryl methyl sites for hydroxylation is 1. The van der Waals surface area contributed by atoms with Crippen LogP contribution in [0.3, 0.4) is 0 Å². The summed E-state index contributed by atoms with van der Waals surface area (Å²) in [6.45, 7) is 2.31. The molecule has 0 radical (unpaired) electrons. The molecule has 0 saturated heterocycles. The Morgan fingerprint density at radius 2 is 1.56 bits per heavy atom. The first-order valence-electron chi connectivity index (χ1n) is 10.5. The molecule has 0 aliphatic heterocycles. The van der Waals surface area contributed by atoms with Crippen molar-refractivity contribution in [2.75, 3.05) is 0 Å². The van der Waals surface area contributed by atoms with Gasteiger partial charge >= 0.3 is 0 Å². The van der Waals surface area contributed by atoms with Crippen LogP contribution >= 0.6 is 0 Å². The molecule has 0 atom stereocenters. The highest BCUT2D eigenvalue weighted by Gasteiger charge is 2.18. The van der Waals surface area contributed by atoms with Gasteiger partial charge in [0, 0.05) is 0 Å². The smallest absolute Gasteiger partial charge is 0.0991 e. The van der Waals surface area contributed by atoms with Gasteiger partial charge in [-0.05, 0) is 79.2 Å². The fourth-order valence-corrected chi connectivity index (χ4v) is 4.22. The van der Waals surface area contributed by atoms with Crippen molar-refractivity contribution in [1.29, 1.82) is 5.26 Å². The number of nitriles is 1. The summed E-state index contributed by atoms with van der Waals surface area (Å²) in [6, 6.07) is 18.8. The van der Waals surface area contributed by atoms with Crippen LogP contribution in [-0.4, -0.2) is 0 Å². The van der Waals surface area contributed by atoms with E-state index in [4.69, 9.17) is 5.26 Å². The van der Waals surface area contributed by atoms with Crippen molar-refractivity contribution in [2.24, 2.45) is 11.8 Å². The lowest BCUT2D eigenvalue weighted by molar-refractivity contribution is 0.294. The van der Waals surface area contributed by atoms with Crippen molar-refractivity contribution >= 4 is 0 Å². The zero-order chi connectivity index (χ0) is 18.9. The van der Waals surface area contributed by atoms with Crippen molar-refractivity contribution in [2.45, 2.75) is 58.3 Å². The summed E-state index contributed by atoms with van der Waals surface area (Å²) < 4.78 is 0. The molecule has 1 heteroatoms. The Balaban J connectivity index is 1.44. The van der Waals surface area contributed by atoms with E-state index in [0.29, 0.717) is 5.56 Å². The summed E-state index contributed by atoms with van der Waals surface area (Å²) in [5.74, 6) is 1.81. The molecule has 3 rings (SSSR count). The van der Waals surface area contributed by atoms with Crippen LogP contribution in [0.5, 0.6) is 0 Å². The van der Waals surface area contributed by atoms with Crippen LogP contribution < -0.4 is 0 Å². The van der Waals surface area contributed by atoms with Gasteiger partial charge in [0.15, 0.2) is 0 Å². The first-order chi connectivity index (χ1) is 13.3. The van der Waals surface area contributed by atoms with Crippen LogP contribution in [0.4, 0.5) is 0 Å². The maximum absolute atomic E-state index is 8.90. The second-order valence-corrected chi connectivity index (χ2v) is 7.92. The fourth-order valence-electron chi connectivity index (χ4n) is 4.22. The molecule has 0 N–H and O–H groups in total. The quantitative estimate of drug-likeness (QED) is 0.476. The zero-order valence-electron chi connectivity index (χ0n) is 16.5. The lowest BCUT2D eigenvalue weighted by Gasteiger charge is -2.26. The predicted octanol–water partition coefficient (Wildman–Crippen LogP) is 7.32. The number of hydrogen-bond donors (Lipinski definition) is 0. The highest BCUT2D eigenvalue weighted by molar-refractivity contribution is 5.64. The molecule has 2 aromatic carbocycles. The maximum atomic E-state index is 8.90. The molecular weight excluding hydrogens is 326 g/mol. The van der Waals surface area contributed by atoms with Gasteiger partial charge in [-0.3, -0.25) is 0 Å². The molecule has 1 saturated carbocycles. The van der Waals surface area contributed by atoms with Gasteiger partial charge in [-0.15, -0.1) is 0 Å². The Morgan fingerprint density at radius 1 is 0.926 bits per heavy atom. The third-order valence-electron chi connectivity index (χ3n) is 5.90. The van der Waals surface area contributed by atoms with Crippen molar-refractivity contribution in [3.63, 3.8) is 0 Å². The van der Waals surface area contributed by atoms with E-state index in [-0.39, 0.29) is 0 Å². The molecule has 27 heavy (non-hydrogen) atoms. The minimum Gasteiger partial charge on any atom is -0.192 e. The molecule has 1 aliphatic carbocycles. The van der Waals surface area contributed by atoms with Gasteiger partial charge in [-0.2, -0.15) is 5.26 Å². The zero-order valence-corrected chi connectivity index (χ0v) is 16.5. The molecule has 0 spiro atoms. The molecule has 0 heterocycles. The second kappa shape index (κ2) is 10.1. The van der Waals surface area contributed by atoms with E-state index in [1.165, 1.54) is 55.2 Å². The summed E-state index contributed by atoms with van der Waals surface area (Å²) >= 11 is 0. The van der Waals surface area contributed by atoms with E-state index < -0.39 is 0 Å². The summed E-state index contributed by atoms with van der Waals surface area (Å²) in [5.41, 5.74) is 4.48. The van der Waals surface area contributed by atoms with Crippen LogP contribution in [0.2, 0.25) is 0 Å². The first kappa shape index (κ1) is 19.4. The molecule has 1 aliphatic rings. The molecule has 1 fully saturated rings. The molecule has 140 valence electrons. The van der Waals surface area contributed by atoms with Crippen LogP contribution in [-0.2, 0) is 6.42 Å². The van der Waals surface area contributed by atoms with Crippen LogP contribution in [0.25, 0.3) is 11.1 Å². The first-order valence-corrected chi connectivity index (χ1v) is 10.5. The van der Waals surface area contributed by atoms with Crippen LogP contribution in [0.15, 0.2) is 60.7 Å². The summed E-state index contributed by atoms with van der Waals surface area (Å²) in [5, 5.41) is 8.90. The van der Waals surface area contributed by atoms with E-state index in [1.807, 2.05) is 24.3 Å². The lowest BCUT2D eigenvalue weighted by atomic mass is 9.80. The number of nitrogens with zero attached hydrogens (tertiary/aromatic N) is 1. The lowest BCUT2D eigenvalue weighted by Crippen LogP contribution is -2.12. The molecule has 0 aromatic heterocycles. The monoisotopic (exact) mass is 357 g/mol. The van der Waals surface area contributed by atoms with E-state index in [2.05, 4.69) is 49.4 Å². The standard InChI is InChI=1S/C26H31N/c1-2-5-21-8-10-22(11-9-21)6-3-4-7-23-12-16-25(17-13-23)26-18-14-24(20-27)15-19-26/h3,6,12-19,21-22H,2,4-5,7-11H2,1H3/t21-,22-. The molecule has 0 bridgehead atoms. The van der Waals surface area contributed by atoms with Crippen molar-refractivity contribution in [3.05, 3.63) is 71.8 Å². The topological polar surface area (TPSA) is 23.8 Å². The Hall–Kier alpha value is -2.33. The van der Waals surface area contributed by atoms with Gasteiger partial charge in [0.1, 0.15) is 0 Å². The second-order valence-electron chi connectivity index (χ2n) is 7.92. The molecule has 2 aromatic rings. The third-order valence-corrected chi connectivity index (χ3v) is 5.90. The van der Waals surface area contributed by atoms with Gasteiger partial charge in [0.25, 0.3) is 0 Å². The van der Waals surface area contributed by atoms with Crippen LogP contribution in [0.1, 0.15) is 63.0 Å². The van der Waals surface area contributed by atoms with E-state index in [1.54, 1.807) is 0 Å². The Kier molecular flexibility index (Phi) is 7.28. The minimum absolute atomic E-state index is 0.709. The normalized spacial score (nSPS) is 19.9.